The number of carbonyl (C=O) groups excluding carboxylic acids is 2. The van der Waals surface area contributed by atoms with Crippen LogP contribution in [0.1, 0.15) is 33.7 Å². The predicted molar refractivity (Wildman–Crippen MR) is 94.8 cm³/mol. The van der Waals surface area contributed by atoms with E-state index in [1.807, 2.05) is 29.2 Å². The minimum absolute atomic E-state index is 0.0332. The van der Waals surface area contributed by atoms with E-state index < -0.39 is 0 Å². The van der Waals surface area contributed by atoms with Gasteiger partial charge in [-0.05, 0) is 43.2 Å². The molecule has 1 fully saturated rings. The van der Waals surface area contributed by atoms with Gasteiger partial charge in [-0.2, -0.15) is 0 Å². The van der Waals surface area contributed by atoms with Crippen LogP contribution in [0, 0.1) is 0 Å². The number of nitrogens with zero attached hydrogens (tertiary/aromatic N) is 2. The second-order valence-electron chi connectivity index (χ2n) is 5.77. The SMILES string of the molecule is O=C(NC1CCN(C(=O)c2cccc(Br)c2)CC1)c1ccccn1. The van der Waals surface area contributed by atoms with Crippen LogP contribution in [-0.4, -0.2) is 40.8 Å². The van der Waals surface area contributed by atoms with E-state index >= 15 is 0 Å². The zero-order valence-electron chi connectivity index (χ0n) is 13.1. The summed E-state index contributed by atoms with van der Waals surface area (Å²) >= 11 is 3.39. The number of carbonyl (C=O) groups is 2. The number of hydrogen-bond acceptors (Lipinski definition) is 3. The van der Waals surface area contributed by atoms with Gasteiger partial charge in [0.2, 0.25) is 0 Å². The molecule has 0 spiro atoms. The maximum atomic E-state index is 12.5. The van der Waals surface area contributed by atoms with E-state index in [0.717, 1.165) is 17.3 Å². The van der Waals surface area contributed by atoms with Crippen molar-refractivity contribution in [2.45, 2.75) is 18.9 Å². The summed E-state index contributed by atoms with van der Waals surface area (Å²) in [5.41, 5.74) is 1.10. The van der Waals surface area contributed by atoms with E-state index in [0.29, 0.717) is 24.3 Å². The quantitative estimate of drug-likeness (QED) is 0.880. The van der Waals surface area contributed by atoms with Crippen molar-refractivity contribution in [1.29, 1.82) is 0 Å². The monoisotopic (exact) mass is 387 g/mol. The molecule has 6 heteroatoms. The number of benzene rings is 1. The topological polar surface area (TPSA) is 62.3 Å². The van der Waals surface area contributed by atoms with E-state index in [2.05, 4.69) is 26.2 Å². The Morgan fingerprint density at radius 2 is 1.92 bits per heavy atom. The maximum absolute atomic E-state index is 12.5. The summed E-state index contributed by atoms with van der Waals surface area (Å²) < 4.78 is 0.894. The molecule has 5 nitrogen and oxygen atoms in total. The second kappa shape index (κ2) is 7.57. The van der Waals surface area contributed by atoms with Gasteiger partial charge in [-0.3, -0.25) is 14.6 Å². The van der Waals surface area contributed by atoms with Crippen LogP contribution in [0.15, 0.2) is 53.1 Å². The Labute approximate surface area is 149 Å². The minimum Gasteiger partial charge on any atom is -0.348 e. The Morgan fingerprint density at radius 3 is 2.58 bits per heavy atom. The molecule has 124 valence electrons. The summed E-state index contributed by atoms with van der Waals surface area (Å²) in [4.78, 5) is 30.5. The van der Waals surface area contributed by atoms with Gasteiger partial charge in [0, 0.05) is 35.4 Å². The molecule has 1 aliphatic heterocycles. The summed E-state index contributed by atoms with van der Waals surface area (Å²) in [6.45, 7) is 1.27. The first kappa shape index (κ1) is 16.6. The Balaban J connectivity index is 1.54. The van der Waals surface area contributed by atoms with Gasteiger partial charge in [-0.25, -0.2) is 0 Å². The first-order valence-corrected chi connectivity index (χ1v) is 8.69. The van der Waals surface area contributed by atoms with E-state index in [4.69, 9.17) is 0 Å². The molecule has 0 atom stereocenters. The van der Waals surface area contributed by atoms with Gasteiger partial charge in [0.05, 0.1) is 0 Å². The molecule has 1 aliphatic rings. The Bertz CT molecular complexity index is 728. The molecule has 2 amide bonds. The van der Waals surface area contributed by atoms with E-state index in [-0.39, 0.29) is 17.9 Å². The van der Waals surface area contributed by atoms with Crippen molar-refractivity contribution in [2.75, 3.05) is 13.1 Å². The summed E-state index contributed by atoms with van der Waals surface area (Å²) in [5.74, 6) is -0.127. The molecule has 2 heterocycles. The van der Waals surface area contributed by atoms with Crippen LogP contribution in [0.3, 0.4) is 0 Å². The maximum Gasteiger partial charge on any atom is 0.270 e. The van der Waals surface area contributed by atoms with Crippen LogP contribution in [0.25, 0.3) is 0 Å². The first-order chi connectivity index (χ1) is 11.6. The molecule has 1 N–H and O–H groups in total. The van der Waals surface area contributed by atoms with E-state index in [1.165, 1.54) is 0 Å². The summed E-state index contributed by atoms with van der Waals surface area (Å²) in [5, 5.41) is 3.00. The third-order valence-corrected chi connectivity index (χ3v) is 4.58. The number of pyridine rings is 1. The lowest BCUT2D eigenvalue weighted by Gasteiger charge is -2.32. The normalized spacial score (nSPS) is 15.1. The lowest BCUT2D eigenvalue weighted by Crippen LogP contribution is -2.46. The standard InChI is InChI=1S/C18H18BrN3O2/c19-14-5-3-4-13(12-14)18(24)22-10-7-15(8-11-22)21-17(23)16-6-1-2-9-20-16/h1-6,9,12,15H,7-8,10-11H2,(H,21,23). The van der Waals surface area contributed by atoms with Crippen LogP contribution < -0.4 is 5.32 Å². The molecular formula is C18H18BrN3O2. The molecule has 0 unspecified atom stereocenters. The van der Waals surface area contributed by atoms with Gasteiger partial charge in [-0.1, -0.05) is 28.1 Å². The first-order valence-electron chi connectivity index (χ1n) is 7.90. The number of likely N-dealkylation sites (tertiary alicyclic amines) is 1. The van der Waals surface area contributed by atoms with Crippen LogP contribution in [0.4, 0.5) is 0 Å². The van der Waals surface area contributed by atoms with Gasteiger partial charge in [0.25, 0.3) is 11.8 Å². The molecule has 0 bridgehead atoms. The van der Waals surface area contributed by atoms with Crippen molar-refractivity contribution < 1.29 is 9.59 Å². The zero-order valence-corrected chi connectivity index (χ0v) is 14.7. The molecule has 3 rings (SSSR count). The van der Waals surface area contributed by atoms with E-state index in [9.17, 15) is 9.59 Å². The van der Waals surface area contributed by atoms with Crippen LogP contribution in [0.2, 0.25) is 0 Å². The van der Waals surface area contributed by atoms with Gasteiger partial charge < -0.3 is 10.2 Å². The number of hydrogen-bond donors (Lipinski definition) is 1. The zero-order chi connectivity index (χ0) is 16.9. The number of rotatable bonds is 3. The van der Waals surface area contributed by atoms with Crippen molar-refractivity contribution in [3.63, 3.8) is 0 Å². The van der Waals surface area contributed by atoms with Gasteiger partial charge in [0.1, 0.15) is 5.69 Å². The predicted octanol–water partition coefficient (Wildman–Crippen LogP) is 2.88. The van der Waals surface area contributed by atoms with Crippen molar-refractivity contribution in [3.05, 3.63) is 64.4 Å². The number of amides is 2. The molecule has 0 saturated carbocycles. The fourth-order valence-corrected chi connectivity index (χ4v) is 3.19. The second-order valence-corrected chi connectivity index (χ2v) is 6.68. The van der Waals surface area contributed by atoms with Crippen molar-refractivity contribution in [2.24, 2.45) is 0 Å². The van der Waals surface area contributed by atoms with Crippen LogP contribution in [-0.2, 0) is 0 Å². The average molecular weight is 388 g/mol. The largest absolute Gasteiger partial charge is 0.348 e. The molecule has 0 radical (unpaired) electrons. The number of halogens is 1. The average Bonchev–Trinajstić information content (AvgIpc) is 2.62. The molecular weight excluding hydrogens is 370 g/mol. The van der Waals surface area contributed by atoms with Gasteiger partial charge >= 0.3 is 0 Å². The highest BCUT2D eigenvalue weighted by molar-refractivity contribution is 9.10. The molecule has 1 saturated heterocycles. The third-order valence-electron chi connectivity index (χ3n) is 4.09. The van der Waals surface area contributed by atoms with Gasteiger partial charge in [0.15, 0.2) is 0 Å². The number of aromatic nitrogens is 1. The highest BCUT2D eigenvalue weighted by Crippen LogP contribution is 2.17. The highest BCUT2D eigenvalue weighted by Gasteiger charge is 2.25. The van der Waals surface area contributed by atoms with E-state index in [1.54, 1.807) is 24.4 Å². The fourth-order valence-electron chi connectivity index (χ4n) is 2.79. The number of nitrogens with one attached hydrogen (secondary N) is 1. The van der Waals surface area contributed by atoms with Crippen molar-refractivity contribution >= 4 is 27.7 Å². The van der Waals surface area contributed by atoms with Crippen molar-refractivity contribution in [1.82, 2.24) is 15.2 Å². The molecule has 1 aromatic heterocycles. The summed E-state index contributed by atoms with van der Waals surface area (Å²) in [6.07, 6.45) is 3.10. The lowest BCUT2D eigenvalue weighted by atomic mass is 10.0. The number of piperidine rings is 1. The summed E-state index contributed by atoms with van der Waals surface area (Å²) in [6, 6.07) is 12.8. The Kier molecular flexibility index (Phi) is 5.25. The lowest BCUT2D eigenvalue weighted by molar-refractivity contribution is 0.0697. The summed E-state index contributed by atoms with van der Waals surface area (Å²) in [7, 11) is 0. The molecule has 1 aromatic carbocycles. The molecule has 2 aromatic rings. The third kappa shape index (κ3) is 4.00. The molecule has 24 heavy (non-hydrogen) atoms. The van der Waals surface area contributed by atoms with Crippen LogP contribution >= 0.6 is 15.9 Å². The molecule has 0 aliphatic carbocycles. The highest BCUT2D eigenvalue weighted by atomic mass is 79.9. The van der Waals surface area contributed by atoms with Gasteiger partial charge in [-0.15, -0.1) is 0 Å². The Morgan fingerprint density at radius 1 is 1.12 bits per heavy atom. The minimum atomic E-state index is -0.160. The smallest absolute Gasteiger partial charge is 0.270 e. The van der Waals surface area contributed by atoms with Crippen molar-refractivity contribution in [3.8, 4) is 0 Å². The fraction of sp³-hybridized carbons (Fsp3) is 0.278. The Hall–Kier alpha value is -2.21. The van der Waals surface area contributed by atoms with Crippen LogP contribution in [0.5, 0.6) is 0 Å².